The highest BCUT2D eigenvalue weighted by Crippen LogP contribution is 2.24. The lowest BCUT2D eigenvalue weighted by molar-refractivity contribution is -0.119. The van der Waals surface area contributed by atoms with E-state index in [-0.39, 0.29) is 0 Å². The van der Waals surface area contributed by atoms with Crippen LogP contribution in [-0.4, -0.2) is 28.5 Å². The van der Waals surface area contributed by atoms with Crippen LogP contribution in [0, 0.1) is 0 Å². The van der Waals surface area contributed by atoms with E-state index < -0.39 is 18.5 Å². The van der Waals surface area contributed by atoms with Crippen LogP contribution in [0.4, 0.5) is 5.69 Å². The monoisotopic (exact) mass is 405 g/mol. The fourth-order valence-electron chi connectivity index (χ4n) is 2.89. The van der Waals surface area contributed by atoms with Crippen LogP contribution in [0.15, 0.2) is 72.8 Å². The zero-order valence-electron chi connectivity index (χ0n) is 15.2. The molecule has 1 amide bonds. The van der Waals surface area contributed by atoms with Crippen LogP contribution in [0.3, 0.4) is 0 Å². The Morgan fingerprint density at radius 2 is 1.69 bits per heavy atom. The second-order valence-electron chi connectivity index (χ2n) is 6.28. The number of ether oxygens (including phenoxy) is 1. The summed E-state index contributed by atoms with van der Waals surface area (Å²) in [7, 11) is 0. The highest BCUT2D eigenvalue weighted by atomic mass is 35.5. The molecular formula is C22H16ClN3O3. The van der Waals surface area contributed by atoms with Crippen LogP contribution < -0.4 is 5.32 Å². The number of amides is 1. The van der Waals surface area contributed by atoms with E-state index in [0.29, 0.717) is 27.7 Å². The first-order valence-electron chi connectivity index (χ1n) is 8.87. The quantitative estimate of drug-likeness (QED) is 0.472. The Balaban J connectivity index is 1.47. The van der Waals surface area contributed by atoms with Gasteiger partial charge in [0.15, 0.2) is 6.61 Å². The van der Waals surface area contributed by atoms with Gasteiger partial charge in [0.2, 0.25) is 0 Å². The SMILES string of the molecule is O=C(COC(=O)c1ccccc1-c1nc2ccccc2[nH]1)Nc1ccc(Cl)cc1. The number of aromatic nitrogens is 2. The lowest BCUT2D eigenvalue weighted by atomic mass is 10.1. The van der Waals surface area contributed by atoms with E-state index in [1.54, 1.807) is 42.5 Å². The summed E-state index contributed by atoms with van der Waals surface area (Å²) in [5.41, 5.74) is 3.16. The molecule has 0 atom stereocenters. The van der Waals surface area contributed by atoms with Crippen LogP contribution >= 0.6 is 11.6 Å². The molecule has 0 saturated heterocycles. The van der Waals surface area contributed by atoms with Gasteiger partial charge < -0.3 is 15.0 Å². The number of benzene rings is 3. The largest absolute Gasteiger partial charge is 0.452 e. The average molecular weight is 406 g/mol. The smallest absolute Gasteiger partial charge is 0.339 e. The molecule has 7 heteroatoms. The Morgan fingerprint density at radius 1 is 0.966 bits per heavy atom. The van der Waals surface area contributed by atoms with E-state index in [1.807, 2.05) is 30.3 Å². The van der Waals surface area contributed by atoms with Gasteiger partial charge in [-0.25, -0.2) is 9.78 Å². The topological polar surface area (TPSA) is 84.1 Å². The zero-order valence-corrected chi connectivity index (χ0v) is 15.9. The van der Waals surface area contributed by atoms with Crippen molar-refractivity contribution in [1.82, 2.24) is 9.97 Å². The van der Waals surface area contributed by atoms with Gasteiger partial charge in [-0.15, -0.1) is 0 Å². The Kier molecular flexibility index (Phi) is 5.27. The number of H-pyrrole nitrogens is 1. The van der Waals surface area contributed by atoms with Crippen molar-refractivity contribution in [2.75, 3.05) is 11.9 Å². The Labute approximate surface area is 171 Å². The molecular weight excluding hydrogens is 390 g/mol. The number of hydrogen-bond donors (Lipinski definition) is 2. The molecule has 0 unspecified atom stereocenters. The first-order valence-corrected chi connectivity index (χ1v) is 9.24. The fourth-order valence-corrected chi connectivity index (χ4v) is 3.01. The fraction of sp³-hybridized carbons (Fsp3) is 0.0455. The summed E-state index contributed by atoms with van der Waals surface area (Å²) in [5.74, 6) is -0.487. The lowest BCUT2D eigenvalue weighted by Gasteiger charge is -2.09. The van der Waals surface area contributed by atoms with Gasteiger partial charge in [0.25, 0.3) is 5.91 Å². The van der Waals surface area contributed by atoms with Gasteiger partial charge in [0.05, 0.1) is 16.6 Å². The van der Waals surface area contributed by atoms with E-state index in [4.69, 9.17) is 16.3 Å². The number of para-hydroxylation sites is 2. The van der Waals surface area contributed by atoms with Crippen LogP contribution in [0.25, 0.3) is 22.4 Å². The number of nitrogens with one attached hydrogen (secondary N) is 2. The number of hydrogen-bond acceptors (Lipinski definition) is 4. The molecule has 4 rings (SSSR count). The predicted octanol–water partition coefficient (Wildman–Crippen LogP) is 4.68. The maximum absolute atomic E-state index is 12.6. The summed E-state index contributed by atoms with van der Waals surface area (Å²) in [4.78, 5) is 32.4. The molecule has 2 N–H and O–H groups in total. The second-order valence-corrected chi connectivity index (χ2v) is 6.72. The third-order valence-electron chi connectivity index (χ3n) is 4.25. The number of halogens is 1. The van der Waals surface area contributed by atoms with Crippen molar-refractivity contribution in [2.45, 2.75) is 0 Å². The number of nitrogens with zero attached hydrogens (tertiary/aromatic N) is 1. The number of fused-ring (bicyclic) bond motifs is 1. The molecule has 0 bridgehead atoms. The molecule has 3 aromatic carbocycles. The molecule has 0 aliphatic heterocycles. The molecule has 1 aromatic heterocycles. The summed E-state index contributed by atoms with van der Waals surface area (Å²) in [6.45, 7) is -0.407. The van der Waals surface area contributed by atoms with Crippen molar-refractivity contribution in [3.63, 3.8) is 0 Å². The van der Waals surface area contributed by atoms with Crippen LogP contribution in [-0.2, 0) is 9.53 Å². The molecule has 0 radical (unpaired) electrons. The lowest BCUT2D eigenvalue weighted by Crippen LogP contribution is -2.21. The summed E-state index contributed by atoms with van der Waals surface area (Å²) >= 11 is 5.82. The van der Waals surface area contributed by atoms with E-state index in [9.17, 15) is 9.59 Å². The van der Waals surface area contributed by atoms with Crippen molar-refractivity contribution in [2.24, 2.45) is 0 Å². The van der Waals surface area contributed by atoms with Crippen LogP contribution in [0.5, 0.6) is 0 Å². The summed E-state index contributed by atoms with van der Waals surface area (Å²) in [6, 6.07) is 21.2. The molecule has 0 saturated carbocycles. The molecule has 0 aliphatic rings. The third kappa shape index (κ3) is 4.28. The zero-order chi connectivity index (χ0) is 20.2. The number of anilines is 1. The van der Waals surface area contributed by atoms with Gasteiger partial charge in [-0.2, -0.15) is 0 Å². The van der Waals surface area contributed by atoms with Crippen molar-refractivity contribution in [1.29, 1.82) is 0 Å². The summed E-state index contributed by atoms with van der Waals surface area (Å²) in [5, 5.41) is 3.21. The summed E-state index contributed by atoms with van der Waals surface area (Å²) in [6.07, 6.45) is 0. The number of carbonyl (C=O) groups excluding carboxylic acids is 2. The average Bonchev–Trinajstić information content (AvgIpc) is 3.18. The van der Waals surface area contributed by atoms with E-state index >= 15 is 0 Å². The molecule has 6 nitrogen and oxygen atoms in total. The first kappa shape index (κ1) is 18.7. The molecule has 0 aliphatic carbocycles. The number of imidazole rings is 1. The Morgan fingerprint density at radius 3 is 2.48 bits per heavy atom. The van der Waals surface area contributed by atoms with E-state index in [1.165, 1.54) is 0 Å². The maximum atomic E-state index is 12.6. The molecule has 0 spiro atoms. The van der Waals surface area contributed by atoms with Gasteiger partial charge in [0.1, 0.15) is 5.82 Å². The molecule has 0 fully saturated rings. The molecule has 4 aromatic rings. The van der Waals surface area contributed by atoms with Crippen molar-refractivity contribution in [3.8, 4) is 11.4 Å². The normalized spacial score (nSPS) is 10.7. The first-order chi connectivity index (χ1) is 14.1. The number of rotatable bonds is 5. The maximum Gasteiger partial charge on any atom is 0.339 e. The number of esters is 1. The Hall–Kier alpha value is -3.64. The van der Waals surface area contributed by atoms with Crippen molar-refractivity contribution < 1.29 is 14.3 Å². The van der Waals surface area contributed by atoms with E-state index in [2.05, 4.69) is 15.3 Å². The Bertz CT molecular complexity index is 1150. The van der Waals surface area contributed by atoms with Gasteiger partial charge in [-0.3, -0.25) is 4.79 Å². The van der Waals surface area contributed by atoms with Crippen molar-refractivity contribution >= 4 is 40.2 Å². The third-order valence-corrected chi connectivity index (χ3v) is 4.51. The van der Waals surface area contributed by atoms with Crippen molar-refractivity contribution in [3.05, 3.63) is 83.4 Å². The number of carbonyl (C=O) groups is 2. The van der Waals surface area contributed by atoms with Crippen LogP contribution in [0.1, 0.15) is 10.4 Å². The van der Waals surface area contributed by atoms with Gasteiger partial charge in [-0.1, -0.05) is 41.9 Å². The van der Waals surface area contributed by atoms with Crippen LogP contribution in [0.2, 0.25) is 5.02 Å². The highest BCUT2D eigenvalue weighted by molar-refractivity contribution is 6.30. The van der Waals surface area contributed by atoms with Gasteiger partial charge >= 0.3 is 5.97 Å². The molecule has 1 heterocycles. The predicted molar refractivity (Wildman–Crippen MR) is 112 cm³/mol. The second kappa shape index (κ2) is 8.16. The number of aromatic amines is 1. The summed E-state index contributed by atoms with van der Waals surface area (Å²) < 4.78 is 5.20. The minimum Gasteiger partial charge on any atom is -0.452 e. The molecule has 144 valence electrons. The molecule has 29 heavy (non-hydrogen) atoms. The minimum atomic E-state index is -0.604. The minimum absolute atomic E-state index is 0.325. The van der Waals surface area contributed by atoms with E-state index in [0.717, 1.165) is 11.0 Å². The highest BCUT2D eigenvalue weighted by Gasteiger charge is 2.17. The van der Waals surface area contributed by atoms with Gasteiger partial charge in [-0.05, 0) is 42.5 Å². The van der Waals surface area contributed by atoms with Gasteiger partial charge in [0, 0.05) is 16.3 Å². The standard InChI is InChI=1S/C22H16ClN3O3/c23-14-9-11-15(12-10-14)24-20(27)13-29-22(28)17-6-2-1-5-16(17)21-25-18-7-3-4-8-19(18)26-21/h1-12H,13H2,(H,24,27)(H,25,26).